The van der Waals surface area contributed by atoms with Crippen LogP contribution in [0.4, 0.5) is 0 Å². The van der Waals surface area contributed by atoms with Gasteiger partial charge in [0.2, 0.25) is 0 Å². The topological polar surface area (TPSA) is 61.4 Å². The van der Waals surface area contributed by atoms with E-state index >= 15 is 0 Å². The lowest BCUT2D eigenvalue weighted by Crippen LogP contribution is -2.14. The average molecular weight is 983 g/mol. The van der Waals surface area contributed by atoms with Crippen molar-refractivity contribution in [1.82, 2.24) is 29.1 Å². The fourth-order valence-electron chi connectivity index (χ4n) is 12.9. The number of aromatic nitrogens is 6. The number of fused-ring (bicyclic) bond motifs is 16. The van der Waals surface area contributed by atoms with Gasteiger partial charge >= 0.3 is 0 Å². The molecule has 0 unspecified atom stereocenters. The van der Waals surface area contributed by atoms with Crippen molar-refractivity contribution in [3.63, 3.8) is 0 Å². The smallest absolute Gasteiger partial charge is 0.164 e. The van der Waals surface area contributed by atoms with Crippen molar-refractivity contribution >= 4 is 76.1 Å². The number of hydrogen-bond donors (Lipinski definition) is 0. The zero-order valence-corrected chi connectivity index (χ0v) is 42.3. The molecule has 0 bridgehead atoms. The van der Waals surface area contributed by atoms with E-state index in [0.717, 1.165) is 72.2 Å². The Morgan fingerprint density at radius 1 is 0.325 bits per heavy atom. The Morgan fingerprint density at radius 2 is 0.870 bits per heavy atom. The lowest BCUT2D eigenvalue weighted by molar-refractivity contribution is 0.661. The highest BCUT2D eigenvalue weighted by Crippen LogP contribution is 2.55. The van der Waals surface area contributed by atoms with E-state index in [1.54, 1.807) is 0 Å². The predicted molar refractivity (Wildman–Crippen MR) is 318 cm³/mol. The molecular formula is C71H46N6. The molecule has 15 aromatic rings. The molecule has 0 spiro atoms. The van der Waals surface area contributed by atoms with Crippen LogP contribution in [0.3, 0.4) is 0 Å². The molecule has 0 aliphatic heterocycles. The Bertz CT molecular complexity index is 4880. The van der Waals surface area contributed by atoms with Gasteiger partial charge in [0.05, 0.1) is 16.6 Å². The van der Waals surface area contributed by atoms with Gasteiger partial charge in [0, 0.05) is 61.2 Å². The summed E-state index contributed by atoms with van der Waals surface area (Å²) in [5, 5.41) is 12.4. The summed E-state index contributed by atoms with van der Waals surface area (Å²) < 4.78 is 4.76. The van der Waals surface area contributed by atoms with E-state index in [0.29, 0.717) is 17.5 Å². The maximum absolute atomic E-state index is 5.19. The van der Waals surface area contributed by atoms with Gasteiger partial charge in [-0.1, -0.05) is 190 Å². The highest BCUT2D eigenvalue weighted by molar-refractivity contribution is 6.27. The molecule has 0 radical (unpaired) electrons. The first-order valence-electron chi connectivity index (χ1n) is 26.4. The van der Waals surface area contributed by atoms with E-state index in [2.05, 4.69) is 223 Å². The molecule has 0 fully saturated rings. The van der Waals surface area contributed by atoms with Gasteiger partial charge < -0.3 is 4.57 Å². The summed E-state index contributed by atoms with van der Waals surface area (Å²) in [4.78, 5) is 20.5. The van der Waals surface area contributed by atoms with E-state index in [-0.39, 0.29) is 5.41 Å². The van der Waals surface area contributed by atoms with Crippen LogP contribution in [0.15, 0.2) is 243 Å². The molecule has 0 atom stereocenters. The fraction of sp³-hybridized carbons (Fsp3) is 0.0423. The molecule has 6 nitrogen and oxygen atoms in total. The Balaban J connectivity index is 0.980. The number of rotatable bonds is 6. The third-order valence-corrected chi connectivity index (χ3v) is 16.4. The van der Waals surface area contributed by atoms with E-state index in [9.17, 15) is 0 Å². The minimum absolute atomic E-state index is 0.269. The Morgan fingerprint density at radius 3 is 1.55 bits per heavy atom. The SMILES string of the molecule is CC1(C)c2cc3c4ccccc4c4ccccc4c3cc2-c2c1ccc1c2c2ccc(-c3ccnc4c3c3ccccc3n4-c3ccccc3)cc2n1-c1cccc(-c2nc(-c3ccccc3)nc(-c3ccccc3)n2)c1. The van der Waals surface area contributed by atoms with Gasteiger partial charge in [-0.25, -0.2) is 19.9 Å². The summed E-state index contributed by atoms with van der Waals surface area (Å²) in [5.74, 6) is 1.87. The van der Waals surface area contributed by atoms with Crippen molar-refractivity contribution in [1.29, 1.82) is 0 Å². The fourth-order valence-corrected chi connectivity index (χ4v) is 12.9. The second kappa shape index (κ2) is 16.5. The first-order valence-corrected chi connectivity index (χ1v) is 26.4. The second-order valence-electron chi connectivity index (χ2n) is 20.9. The Labute approximate surface area is 443 Å². The molecule has 0 N–H and O–H groups in total. The standard InChI is InChI=1S/C71H46N6/c1-71(2)59-35-36-62-66(65(59)58-41-56-52-29-14-12-27-50(52)51-28-13-15-30-53(51)57(56)42-60(58)71)55-34-33-45(49-37-38-72-70-64(49)54-31-16-17-32-61(54)77(70)47-24-10-5-11-25-47)40-63(55)76(62)48-26-18-23-46(39-48)69-74-67(43-19-6-3-7-20-43)73-68(75-69)44-21-8-4-9-22-44/h3-42H,1-2H3. The van der Waals surface area contributed by atoms with Gasteiger partial charge in [-0.3, -0.25) is 4.57 Å². The number of benzene rings is 11. The van der Waals surface area contributed by atoms with Crippen molar-refractivity contribution in [2.75, 3.05) is 0 Å². The molecule has 0 amide bonds. The summed E-state index contributed by atoms with van der Waals surface area (Å²) in [7, 11) is 0. The third-order valence-electron chi connectivity index (χ3n) is 16.4. The maximum atomic E-state index is 5.19. The summed E-state index contributed by atoms with van der Waals surface area (Å²) in [6.45, 7) is 4.81. The van der Waals surface area contributed by atoms with E-state index in [1.807, 2.05) is 42.6 Å². The number of para-hydroxylation sites is 2. The van der Waals surface area contributed by atoms with Crippen LogP contribution in [0.25, 0.3) is 144 Å². The minimum atomic E-state index is -0.269. The predicted octanol–water partition coefficient (Wildman–Crippen LogP) is 17.9. The zero-order chi connectivity index (χ0) is 50.9. The van der Waals surface area contributed by atoms with Crippen LogP contribution in [0.5, 0.6) is 0 Å². The van der Waals surface area contributed by atoms with Gasteiger partial charge in [-0.2, -0.15) is 0 Å². The first kappa shape index (κ1) is 43.4. The minimum Gasteiger partial charge on any atom is -0.309 e. The van der Waals surface area contributed by atoms with Gasteiger partial charge in [0.25, 0.3) is 0 Å². The second-order valence-corrected chi connectivity index (χ2v) is 20.9. The number of hydrogen-bond acceptors (Lipinski definition) is 4. The van der Waals surface area contributed by atoms with Crippen molar-refractivity contribution in [2.24, 2.45) is 0 Å². The first-order chi connectivity index (χ1) is 38.0. The van der Waals surface area contributed by atoms with Gasteiger partial charge in [-0.15, -0.1) is 0 Å². The van der Waals surface area contributed by atoms with Crippen LogP contribution in [-0.2, 0) is 5.41 Å². The van der Waals surface area contributed by atoms with Crippen LogP contribution in [0.1, 0.15) is 25.0 Å². The summed E-state index contributed by atoms with van der Waals surface area (Å²) in [5.41, 5.74) is 16.4. The molecule has 1 aliphatic carbocycles. The van der Waals surface area contributed by atoms with Crippen molar-refractivity contribution in [3.05, 3.63) is 254 Å². The molecule has 0 saturated heterocycles. The summed E-state index contributed by atoms with van der Waals surface area (Å²) >= 11 is 0. The van der Waals surface area contributed by atoms with Gasteiger partial charge in [-0.05, 0) is 126 Å². The molecule has 0 saturated carbocycles. The lowest BCUT2D eigenvalue weighted by Gasteiger charge is -2.22. The van der Waals surface area contributed by atoms with E-state index < -0.39 is 0 Å². The third kappa shape index (κ3) is 6.42. The number of pyridine rings is 1. The average Bonchev–Trinajstić information content (AvgIpc) is 4.31. The molecule has 11 aromatic carbocycles. The summed E-state index contributed by atoms with van der Waals surface area (Å²) in [6.07, 6.45) is 1.96. The summed E-state index contributed by atoms with van der Waals surface area (Å²) in [6, 6.07) is 85.2. The van der Waals surface area contributed by atoms with Crippen molar-refractivity contribution in [2.45, 2.75) is 19.3 Å². The van der Waals surface area contributed by atoms with Crippen LogP contribution < -0.4 is 0 Å². The van der Waals surface area contributed by atoms with Gasteiger partial charge in [0.15, 0.2) is 17.5 Å². The molecular weight excluding hydrogens is 937 g/mol. The lowest BCUT2D eigenvalue weighted by atomic mass is 9.81. The monoisotopic (exact) mass is 982 g/mol. The Kier molecular flexibility index (Phi) is 9.28. The van der Waals surface area contributed by atoms with Crippen LogP contribution in [0.2, 0.25) is 0 Å². The van der Waals surface area contributed by atoms with Crippen LogP contribution in [-0.4, -0.2) is 29.1 Å². The molecule has 77 heavy (non-hydrogen) atoms. The van der Waals surface area contributed by atoms with E-state index in [4.69, 9.17) is 19.9 Å². The normalized spacial score (nSPS) is 12.9. The molecule has 16 rings (SSSR count). The molecule has 6 heteroatoms. The Hall–Kier alpha value is -10.0. The zero-order valence-electron chi connectivity index (χ0n) is 42.3. The maximum Gasteiger partial charge on any atom is 0.164 e. The molecule has 360 valence electrons. The highest BCUT2D eigenvalue weighted by Gasteiger charge is 2.38. The van der Waals surface area contributed by atoms with Crippen molar-refractivity contribution < 1.29 is 0 Å². The quantitative estimate of drug-likeness (QED) is 0.156. The highest BCUT2D eigenvalue weighted by atomic mass is 15.1. The largest absolute Gasteiger partial charge is 0.309 e. The van der Waals surface area contributed by atoms with Crippen molar-refractivity contribution in [3.8, 4) is 67.8 Å². The van der Waals surface area contributed by atoms with Crippen LogP contribution >= 0.6 is 0 Å². The van der Waals surface area contributed by atoms with Gasteiger partial charge in [0.1, 0.15) is 5.65 Å². The van der Waals surface area contributed by atoms with E-state index in [1.165, 1.54) is 65.3 Å². The molecule has 1 aliphatic rings. The molecule has 4 aromatic heterocycles. The number of nitrogens with zero attached hydrogens (tertiary/aromatic N) is 6. The van der Waals surface area contributed by atoms with Crippen LogP contribution in [0, 0.1) is 0 Å². The molecule has 4 heterocycles.